The Balaban J connectivity index is 2.05. The van der Waals surface area contributed by atoms with Crippen molar-refractivity contribution < 1.29 is 23.0 Å². The van der Waals surface area contributed by atoms with Crippen LogP contribution in [-0.4, -0.2) is 18.1 Å². The van der Waals surface area contributed by atoms with Gasteiger partial charge in [0.2, 0.25) is 0 Å². The van der Waals surface area contributed by atoms with Crippen LogP contribution in [-0.2, 0) is 6.54 Å². The van der Waals surface area contributed by atoms with E-state index in [1.807, 2.05) is 17.5 Å². The van der Waals surface area contributed by atoms with Gasteiger partial charge in [0, 0.05) is 11.4 Å². The highest BCUT2D eigenvalue weighted by molar-refractivity contribution is 7.09. The lowest BCUT2D eigenvalue weighted by Gasteiger charge is -2.17. The van der Waals surface area contributed by atoms with Gasteiger partial charge in [-0.2, -0.15) is 0 Å². The van der Waals surface area contributed by atoms with Crippen molar-refractivity contribution in [3.8, 4) is 5.75 Å². The maximum atomic E-state index is 12.2. The van der Waals surface area contributed by atoms with E-state index in [0.717, 1.165) is 4.88 Å². The number of aliphatic hydroxyl groups excluding tert-OH is 1. The molecule has 21 heavy (non-hydrogen) atoms. The van der Waals surface area contributed by atoms with Gasteiger partial charge in [0.25, 0.3) is 0 Å². The largest absolute Gasteiger partial charge is 0.573 e. The minimum absolute atomic E-state index is 0.221. The smallest absolute Gasteiger partial charge is 0.406 e. The Morgan fingerprint density at radius 3 is 2.67 bits per heavy atom. The third kappa shape index (κ3) is 5.04. The number of hydrogen-bond acceptors (Lipinski definition) is 4. The van der Waals surface area contributed by atoms with Crippen LogP contribution in [0.5, 0.6) is 5.75 Å². The second kappa shape index (κ2) is 6.93. The molecule has 0 bridgehead atoms. The highest BCUT2D eigenvalue weighted by Gasteiger charge is 2.31. The molecular weight excluding hydrogens is 303 g/mol. The van der Waals surface area contributed by atoms with Crippen molar-refractivity contribution in [2.45, 2.75) is 18.9 Å². The molecule has 2 aromatic rings. The van der Waals surface area contributed by atoms with Crippen LogP contribution in [0.25, 0.3) is 0 Å². The second-order valence-electron chi connectivity index (χ2n) is 4.32. The monoisotopic (exact) mass is 317 g/mol. The summed E-state index contributed by atoms with van der Waals surface area (Å²) in [5.41, 5.74) is 0.538. The fraction of sp³-hybridized carbons (Fsp3) is 0.286. The van der Waals surface area contributed by atoms with E-state index in [0.29, 0.717) is 12.1 Å². The van der Waals surface area contributed by atoms with Crippen LogP contribution >= 0.6 is 11.3 Å². The minimum Gasteiger partial charge on any atom is -0.406 e. The van der Waals surface area contributed by atoms with Crippen LogP contribution in [0.4, 0.5) is 13.2 Å². The summed E-state index contributed by atoms with van der Waals surface area (Å²) in [5.74, 6) is -0.295. The Kier molecular flexibility index (Phi) is 5.22. The molecule has 1 aromatic carbocycles. The first-order valence-corrected chi connectivity index (χ1v) is 7.08. The summed E-state index contributed by atoms with van der Waals surface area (Å²) in [7, 11) is 0. The minimum atomic E-state index is -4.72. The Morgan fingerprint density at radius 2 is 2.05 bits per heavy atom. The van der Waals surface area contributed by atoms with Crippen LogP contribution in [0.15, 0.2) is 41.8 Å². The van der Waals surface area contributed by atoms with Crippen molar-refractivity contribution in [3.05, 3.63) is 52.2 Å². The molecule has 0 fully saturated rings. The second-order valence-corrected chi connectivity index (χ2v) is 5.35. The number of aliphatic hydroxyl groups is 1. The molecule has 2 N–H and O–H groups in total. The molecule has 3 nitrogen and oxygen atoms in total. The van der Waals surface area contributed by atoms with E-state index >= 15 is 0 Å². The number of thiophene rings is 1. The molecule has 1 unspecified atom stereocenters. The highest BCUT2D eigenvalue weighted by Crippen LogP contribution is 2.25. The summed E-state index contributed by atoms with van der Waals surface area (Å²) in [4.78, 5) is 1.08. The first kappa shape index (κ1) is 15.8. The highest BCUT2D eigenvalue weighted by atomic mass is 32.1. The summed E-state index contributed by atoms with van der Waals surface area (Å²) in [6.45, 7) is 0.314. The molecular formula is C14H14F3NO2S. The maximum Gasteiger partial charge on any atom is 0.573 e. The number of halogens is 3. The molecule has 0 amide bonds. The van der Waals surface area contributed by atoms with E-state index in [-0.39, 0.29) is 12.4 Å². The Morgan fingerprint density at radius 1 is 1.24 bits per heavy atom. The average Bonchev–Trinajstić information content (AvgIpc) is 2.91. The van der Waals surface area contributed by atoms with E-state index < -0.39 is 12.4 Å². The van der Waals surface area contributed by atoms with E-state index in [4.69, 9.17) is 0 Å². The van der Waals surface area contributed by atoms with Gasteiger partial charge < -0.3 is 15.2 Å². The lowest BCUT2D eigenvalue weighted by molar-refractivity contribution is -0.274. The van der Waals surface area contributed by atoms with Gasteiger partial charge in [-0.15, -0.1) is 24.5 Å². The van der Waals surface area contributed by atoms with Gasteiger partial charge in [-0.1, -0.05) is 18.2 Å². The lowest BCUT2D eigenvalue weighted by atomic mass is 10.1. The van der Waals surface area contributed by atoms with Gasteiger partial charge in [0.1, 0.15) is 5.75 Å². The van der Waals surface area contributed by atoms with Crippen molar-refractivity contribution >= 4 is 11.3 Å². The zero-order chi connectivity index (χ0) is 15.3. The van der Waals surface area contributed by atoms with Crippen LogP contribution < -0.4 is 10.1 Å². The van der Waals surface area contributed by atoms with Gasteiger partial charge in [0.15, 0.2) is 0 Å². The predicted octanol–water partition coefficient (Wildman–Crippen LogP) is 3.47. The van der Waals surface area contributed by atoms with Gasteiger partial charge in [-0.3, -0.25) is 0 Å². The predicted molar refractivity (Wildman–Crippen MR) is 74.1 cm³/mol. The normalized spacial score (nSPS) is 13.1. The molecule has 114 valence electrons. The first-order valence-electron chi connectivity index (χ1n) is 6.20. The van der Waals surface area contributed by atoms with Crippen molar-refractivity contribution in [2.24, 2.45) is 0 Å². The fourth-order valence-electron chi connectivity index (χ4n) is 1.85. The summed E-state index contributed by atoms with van der Waals surface area (Å²) >= 11 is 1.56. The van der Waals surface area contributed by atoms with E-state index in [1.165, 1.54) is 18.2 Å². The number of ether oxygens (including phenoxy) is 1. The molecule has 0 aliphatic carbocycles. The number of hydrogen-bond donors (Lipinski definition) is 2. The third-order valence-electron chi connectivity index (χ3n) is 2.78. The Hall–Kier alpha value is -1.57. The zero-order valence-corrected chi connectivity index (χ0v) is 11.7. The molecule has 1 aromatic heterocycles. The molecule has 0 spiro atoms. The van der Waals surface area contributed by atoms with Crippen molar-refractivity contribution in [3.63, 3.8) is 0 Å². The van der Waals surface area contributed by atoms with Crippen LogP contribution in [0.1, 0.15) is 16.5 Å². The molecule has 1 atom stereocenters. The molecule has 1 heterocycles. The summed E-state index contributed by atoms with van der Waals surface area (Å²) in [5, 5.41) is 14.4. The topological polar surface area (TPSA) is 41.5 Å². The summed E-state index contributed by atoms with van der Waals surface area (Å²) < 4.78 is 40.5. The third-order valence-corrected chi connectivity index (χ3v) is 3.66. The molecule has 0 aliphatic rings. The molecule has 2 rings (SSSR count). The van der Waals surface area contributed by atoms with E-state index in [1.54, 1.807) is 17.4 Å². The Bertz CT molecular complexity index is 558. The van der Waals surface area contributed by atoms with E-state index in [2.05, 4.69) is 10.1 Å². The number of benzene rings is 1. The maximum absolute atomic E-state index is 12.2. The molecule has 0 saturated carbocycles. The first-order chi connectivity index (χ1) is 9.98. The van der Waals surface area contributed by atoms with Gasteiger partial charge >= 0.3 is 6.36 Å². The van der Waals surface area contributed by atoms with Crippen molar-refractivity contribution in [1.29, 1.82) is 0 Å². The molecule has 0 aliphatic heterocycles. The van der Waals surface area contributed by atoms with Gasteiger partial charge in [-0.25, -0.2) is 0 Å². The lowest BCUT2D eigenvalue weighted by Crippen LogP contribution is -2.24. The summed E-state index contributed by atoms with van der Waals surface area (Å²) in [6.07, 6.45) is -4.72. The Labute approximate surface area is 124 Å². The van der Waals surface area contributed by atoms with E-state index in [9.17, 15) is 18.3 Å². The SMILES string of the molecule is OCC(NCc1cccs1)c1cccc(OC(F)(F)F)c1. The zero-order valence-electron chi connectivity index (χ0n) is 10.9. The van der Waals surface area contributed by atoms with Gasteiger partial charge in [-0.05, 0) is 29.1 Å². The summed E-state index contributed by atoms with van der Waals surface area (Å²) in [6, 6.07) is 9.00. The van der Waals surface area contributed by atoms with Crippen LogP contribution in [0, 0.1) is 0 Å². The quantitative estimate of drug-likeness (QED) is 0.857. The average molecular weight is 317 g/mol. The standard InChI is InChI=1S/C14H14F3NO2S/c15-14(16,17)20-11-4-1-3-10(7-11)13(9-19)18-8-12-5-2-6-21-12/h1-7,13,18-19H,8-9H2. The van der Waals surface area contributed by atoms with Crippen LogP contribution in [0.3, 0.4) is 0 Å². The number of nitrogens with one attached hydrogen (secondary N) is 1. The number of rotatable bonds is 6. The molecule has 7 heteroatoms. The molecule has 0 radical (unpaired) electrons. The van der Waals surface area contributed by atoms with Crippen LogP contribution in [0.2, 0.25) is 0 Å². The van der Waals surface area contributed by atoms with Gasteiger partial charge in [0.05, 0.1) is 12.6 Å². The van der Waals surface area contributed by atoms with Crippen molar-refractivity contribution in [1.82, 2.24) is 5.32 Å². The van der Waals surface area contributed by atoms with Crippen molar-refractivity contribution in [2.75, 3.05) is 6.61 Å². The fourth-order valence-corrected chi connectivity index (χ4v) is 2.51. The number of alkyl halides is 3. The molecule has 0 saturated heterocycles.